The highest BCUT2D eigenvalue weighted by Crippen LogP contribution is 2.21. The van der Waals surface area contributed by atoms with Crippen LogP contribution in [0.4, 0.5) is 5.69 Å². The van der Waals surface area contributed by atoms with E-state index in [-0.39, 0.29) is 29.6 Å². The zero-order chi connectivity index (χ0) is 18.7. The molecule has 0 amide bonds. The molecule has 0 radical (unpaired) electrons. The minimum Gasteiger partial charge on any atom is -0.452 e. The Kier molecular flexibility index (Phi) is 4.94. The quantitative estimate of drug-likeness (QED) is 0.378. The van der Waals surface area contributed by atoms with E-state index in [0.29, 0.717) is 16.1 Å². The first-order valence-electron chi connectivity index (χ1n) is 7.44. The lowest BCUT2D eigenvalue weighted by molar-refractivity contribution is -0.385. The summed E-state index contributed by atoms with van der Waals surface area (Å²) in [4.78, 5) is 22.4. The number of benzene rings is 2. The number of esters is 1. The minimum atomic E-state index is -0.644. The van der Waals surface area contributed by atoms with E-state index in [0.717, 1.165) is 0 Å². The summed E-state index contributed by atoms with van der Waals surface area (Å²) < 4.78 is 10.5. The number of ether oxygens (including phenoxy) is 1. The Morgan fingerprint density at radius 1 is 1.23 bits per heavy atom. The molecule has 0 atom stereocenters. The standard InChI is InChI=1S/C17H12ClN3O5/c1-10-8-12(4-7-14(10)21(23)24)17(22)25-9-15-19-20-16(26-15)11-2-5-13(18)6-3-11/h2-8H,9H2,1H3. The van der Waals surface area contributed by atoms with Crippen LogP contribution < -0.4 is 0 Å². The highest BCUT2D eigenvalue weighted by molar-refractivity contribution is 6.30. The number of halogens is 1. The number of hydrogen-bond acceptors (Lipinski definition) is 7. The normalized spacial score (nSPS) is 10.5. The van der Waals surface area contributed by atoms with Gasteiger partial charge in [0.05, 0.1) is 10.5 Å². The highest BCUT2D eigenvalue weighted by Gasteiger charge is 2.16. The molecule has 3 aromatic rings. The molecule has 0 bridgehead atoms. The van der Waals surface area contributed by atoms with E-state index in [1.807, 2.05) is 0 Å². The SMILES string of the molecule is Cc1cc(C(=O)OCc2nnc(-c3ccc(Cl)cc3)o2)ccc1[N+](=O)[O-]. The second-order valence-corrected chi connectivity index (χ2v) is 5.78. The van der Waals surface area contributed by atoms with Gasteiger partial charge >= 0.3 is 5.97 Å². The third-order valence-electron chi connectivity index (χ3n) is 3.51. The molecule has 1 heterocycles. The summed E-state index contributed by atoms with van der Waals surface area (Å²) in [6.07, 6.45) is 0. The van der Waals surface area contributed by atoms with Gasteiger partial charge in [0.25, 0.3) is 11.6 Å². The number of aromatic nitrogens is 2. The van der Waals surface area contributed by atoms with Crippen LogP contribution in [0.15, 0.2) is 46.9 Å². The van der Waals surface area contributed by atoms with E-state index in [1.54, 1.807) is 31.2 Å². The van der Waals surface area contributed by atoms with Crippen molar-refractivity contribution in [2.75, 3.05) is 0 Å². The molecule has 0 saturated carbocycles. The Labute approximate surface area is 152 Å². The molecule has 0 N–H and O–H groups in total. The van der Waals surface area contributed by atoms with Crippen LogP contribution in [-0.4, -0.2) is 21.1 Å². The first-order chi connectivity index (χ1) is 12.4. The van der Waals surface area contributed by atoms with Crippen molar-refractivity contribution in [3.63, 3.8) is 0 Å². The van der Waals surface area contributed by atoms with E-state index in [9.17, 15) is 14.9 Å². The molecule has 132 valence electrons. The van der Waals surface area contributed by atoms with E-state index in [2.05, 4.69) is 10.2 Å². The van der Waals surface area contributed by atoms with Crippen LogP contribution in [0.5, 0.6) is 0 Å². The van der Waals surface area contributed by atoms with Gasteiger partial charge in [0.15, 0.2) is 6.61 Å². The molecular formula is C17H12ClN3O5. The first kappa shape index (κ1) is 17.6. The summed E-state index contributed by atoms with van der Waals surface area (Å²) in [6, 6.07) is 10.8. The van der Waals surface area contributed by atoms with Crippen LogP contribution in [0, 0.1) is 17.0 Å². The van der Waals surface area contributed by atoms with Gasteiger partial charge in [-0.15, -0.1) is 10.2 Å². The largest absolute Gasteiger partial charge is 0.452 e. The van der Waals surface area contributed by atoms with E-state index < -0.39 is 10.9 Å². The maximum Gasteiger partial charge on any atom is 0.338 e. The Balaban J connectivity index is 1.66. The monoisotopic (exact) mass is 373 g/mol. The second-order valence-electron chi connectivity index (χ2n) is 5.34. The lowest BCUT2D eigenvalue weighted by Gasteiger charge is -2.03. The van der Waals surface area contributed by atoms with Gasteiger partial charge in [-0.1, -0.05) is 11.6 Å². The van der Waals surface area contributed by atoms with Crippen molar-refractivity contribution >= 4 is 23.3 Å². The Hall–Kier alpha value is -3.26. The first-order valence-corrected chi connectivity index (χ1v) is 7.82. The van der Waals surface area contributed by atoms with Gasteiger partial charge in [-0.25, -0.2) is 4.79 Å². The number of nitro benzene ring substituents is 1. The zero-order valence-corrected chi connectivity index (χ0v) is 14.3. The minimum absolute atomic E-state index is 0.0638. The van der Waals surface area contributed by atoms with E-state index in [4.69, 9.17) is 20.8 Å². The van der Waals surface area contributed by atoms with Gasteiger partial charge in [-0.2, -0.15) is 0 Å². The van der Waals surface area contributed by atoms with Crippen molar-refractivity contribution in [2.45, 2.75) is 13.5 Å². The zero-order valence-electron chi connectivity index (χ0n) is 13.5. The Bertz CT molecular complexity index is 969. The number of rotatable bonds is 5. The fourth-order valence-corrected chi connectivity index (χ4v) is 2.34. The molecule has 3 rings (SSSR count). The van der Waals surface area contributed by atoms with Crippen molar-refractivity contribution < 1.29 is 18.9 Å². The van der Waals surface area contributed by atoms with Crippen molar-refractivity contribution in [3.8, 4) is 11.5 Å². The van der Waals surface area contributed by atoms with E-state index in [1.165, 1.54) is 18.2 Å². The molecule has 0 fully saturated rings. The average Bonchev–Trinajstić information content (AvgIpc) is 3.09. The molecule has 0 unspecified atom stereocenters. The summed E-state index contributed by atoms with van der Waals surface area (Å²) >= 11 is 5.82. The van der Waals surface area contributed by atoms with Gasteiger partial charge < -0.3 is 9.15 Å². The molecule has 26 heavy (non-hydrogen) atoms. The molecule has 0 spiro atoms. The molecule has 0 aliphatic rings. The van der Waals surface area contributed by atoms with Crippen LogP contribution in [0.1, 0.15) is 21.8 Å². The highest BCUT2D eigenvalue weighted by atomic mass is 35.5. The van der Waals surface area contributed by atoms with Gasteiger partial charge in [0.1, 0.15) is 0 Å². The third kappa shape index (κ3) is 3.86. The maximum absolute atomic E-state index is 12.1. The molecule has 0 saturated heterocycles. The van der Waals surface area contributed by atoms with Crippen LogP contribution in [0.25, 0.3) is 11.5 Å². The summed E-state index contributed by atoms with van der Waals surface area (Å²) in [5.74, 6) is -0.241. The molecular weight excluding hydrogens is 362 g/mol. The number of nitro groups is 1. The summed E-state index contributed by atoms with van der Waals surface area (Å²) in [5, 5.41) is 19.1. The Morgan fingerprint density at radius 3 is 2.62 bits per heavy atom. The number of carbonyl (C=O) groups excluding carboxylic acids is 1. The smallest absolute Gasteiger partial charge is 0.338 e. The summed E-state index contributed by atoms with van der Waals surface area (Å²) in [7, 11) is 0. The summed E-state index contributed by atoms with van der Waals surface area (Å²) in [5.41, 5.74) is 1.19. The fourth-order valence-electron chi connectivity index (χ4n) is 2.22. The molecule has 0 aliphatic heterocycles. The number of carbonyl (C=O) groups is 1. The van der Waals surface area contributed by atoms with Crippen LogP contribution in [-0.2, 0) is 11.3 Å². The molecule has 2 aromatic carbocycles. The predicted molar refractivity (Wildman–Crippen MR) is 91.7 cm³/mol. The lowest BCUT2D eigenvalue weighted by atomic mass is 10.1. The summed E-state index contributed by atoms with van der Waals surface area (Å²) in [6.45, 7) is 1.33. The predicted octanol–water partition coefficient (Wildman–Crippen LogP) is 3.96. The average molecular weight is 374 g/mol. The van der Waals surface area contributed by atoms with Gasteiger partial charge in [0, 0.05) is 22.2 Å². The molecule has 0 aliphatic carbocycles. The van der Waals surface area contributed by atoms with Crippen molar-refractivity contribution in [1.82, 2.24) is 10.2 Å². The molecule has 1 aromatic heterocycles. The second kappa shape index (κ2) is 7.32. The van der Waals surface area contributed by atoms with Crippen molar-refractivity contribution in [2.24, 2.45) is 0 Å². The number of hydrogen-bond donors (Lipinski definition) is 0. The molecule has 8 nitrogen and oxygen atoms in total. The Morgan fingerprint density at radius 2 is 1.96 bits per heavy atom. The van der Waals surface area contributed by atoms with Gasteiger partial charge in [0.2, 0.25) is 5.89 Å². The fraction of sp³-hybridized carbons (Fsp3) is 0.118. The lowest BCUT2D eigenvalue weighted by Crippen LogP contribution is -2.06. The number of nitrogens with zero attached hydrogens (tertiary/aromatic N) is 3. The van der Waals surface area contributed by atoms with Crippen LogP contribution >= 0.6 is 11.6 Å². The van der Waals surface area contributed by atoms with Gasteiger partial charge in [-0.05, 0) is 43.3 Å². The van der Waals surface area contributed by atoms with Gasteiger partial charge in [-0.3, -0.25) is 10.1 Å². The van der Waals surface area contributed by atoms with Crippen LogP contribution in [0.2, 0.25) is 5.02 Å². The van der Waals surface area contributed by atoms with Crippen molar-refractivity contribution in [1.29, 1.82) is 0 Å². The topological polar surface area (TPSA) is 108 Å². The third-order valence-corrected chi connectivity index (χ3v) is 3.77. The van der Waals surface area contributed by atoms with Crippen LogP contribution in [0.3, 0.4) is 0 Å². The number of aryl methyl sites for hydroxylation is 1. The maximum atomic E-state index is 12.1. The van der Waals surface area contributed by atoms with Crippen molar-refractivity contribution in [3.05, 3.63) is 74.6 Å². The van der Waals surface area contributed by atoms with E-state index >= 15 is 0 Å². The molecule has 9 heteroatoms.